The molecule has 7 saturated carbocycles. The van der Waals surface area contributed by atoms with Crippen molar-refractivity contribution < 1.29 is 0 Å². The van der Waals surface area contributed by atoms with Crippen molar-refractivity contribution in [2.45, 2.75) is 216 Å². The smallest absolute Gasteiger partial charge is 0.0137 e. The van der Waals surface area contributed by atoms with E-state index in [-0.39, 0.29) is 0 Å². The predicted molar refractivity (Wildman–Crippen MR) is 184 cm³/mol. The molecule has 0 aromatic heterocycles. The second kappa shape index (κ2) is 13.1. The summed E-state index contributed by atoms with van der Waals surface area (Å²) < 4.78 is 0. The third kappa shape index (κ3) is 5.31. The van der Waals surface area contributed by atoms with Crippen molar-refractivity contribution in [3.05, 3.63) is 0 Å². The van der Waals surface area contributed by atoms with E-state index in [4.69, 9.17) is 0 Å². The fourth-order valence-corrected chi connectivity index (χ4v) is 15.5. The SMILES string of the molecule is C1CCC(C2CCC(N3C4CCCCC4C4C5C6CC(C7CCCCC7)CCC6N(C6CCCCC6)C5CCC43)CC2)CC1. The predicted octanol–water partition coefficient (Wildman–Crippen LogP) is 10.8. The number of hydrogen-bond donors (Lipinski definition) is 0. The first-order valence-electron chi connectivity index (χ1n) is 21.4. The van der Waals surface area contributed by atoms with Gasteiger partial charge in [0.1, 0.15) is 0 Å². The molecule has 0 bridgehead atoms. The Morgan fingerprint density at radius 2 is 0.705 bits per heavy atom. The topological polar surface area (TPSA) is 6.48 Å². The zero-order valence-corrected chi connectivity index (χ0v) is 28.8. The van der Waals surface area contributed by atoms with Gasteiger partial charge in [0.25, 0.3) is 0 Å². The molecule has 2 heterocycles. The summed E-state index contributed by atoms with van der Waals surface area (Å²) >= 11 is 0. The van der Waals surface area contributed by atoms with Crippen molar-refractivity contribution >= 4 is 0 Å². The largest absolute Gasteiger partial charge is 0.294 e. The Morgan fingerprint density at radius 3 is 1.36 bits per heavy atom. The van der Waals surface area contributed by atoms with E-state index in [1.54, 1.807) is 116 Å². The van der Waals surface area contributed by atoms with Crippen LogP contribution >= 0.6 is 0 Å². The van der Waals surface area contributed by atoms with E-state index in [2.05, 4.69) is 9.80 Å². The first kappa shape index (κ1) is 30.0. The molecule has 9 aliphatic rings. The Hall–Kier alpha value is -0.0800. The molecule has 2 saturated heterocycles. The van der Waals surface area contributed by atoms with Gasteiger partial charge in [-0.15, -0.1) is 0 Å². The number of nitrogens with zero attached hydrogens (tertiary/aromatic N) is 2. The maximum Gasteiger partial charge on any atom is 0.0137 e. The molecule has 2 nitrogen and oxygen atoms in total. The van der Waals surface area contributed by atoms with Crippen molar-refractivity contribution in [1.82, 2.24) is 9.80 Å². The minimum Gasteiger partial charge on any atom is -0.294 e. The van der Waals surface area contributed by atoms with E-state index in [9.17, 15) is 0 Å². The van der Waals surface area contributed by atoms with E-state index >= 15 is 0 Å². The molecule has 0 aromatic rings. The van der Waals surface area contributed by atoms with Gasteiger partial charge in [0.15, 0.2) is 0 Å². The maximum absolute atomic E-state index is 3.38. The lowest BCUT2D eigenvalue weighted by Crippen LogP contribution is -2.53. The monoisotopic (exact) mass is 603 g/mol. The lowest BCUT2D eigenvalue weighted by atomic mass is 9.59. The summed E-state index contributed by atoms with van der Waals surface area (Å²) in [5.74, 6) is 8.58. The van der Waals surface area contributed by atoms with E-state index < -0.39 is 0 Å². The highest BCUT2D eigenvalue weighted by molar-refractivity contribution is 5.16. The highest BCUT2D eigenvalue weighted by Crippen LogP contribution is 2.62. The molecule has 9 rings (SSSR count). The van der Waals surface area contributed by atoms with Crippen LogP contribution in [0, 0.1) is 47.3 Å². The number of fused-ring (bicyclic) bond motifs is 7. The van der Waals surface area contributed by atoms with Crippen LogP contribution in [0.1, 0.15) is 180 Å². The highest BCUT2D eigenvalue weighted by atomic mass is 15.3. The first-order chi connectivity index (χ1) is 21.8. The molecule has 9 atom stereocenters. The molecule has 0 N–H and O–H groups in total. The van der Waals surface area contributed by atoms with Gasteiger partial charge in [0, 0.05) is 36.3 Å². The number of likely N-dealkylation sites (tertiary alicyclic amines) is 2. The summed E-state index contributed by atoms with van der Waals surface area (Å²) in [5.41, 5.74) is 0. The summed E-state index contributed by atoms with van der Waals surface area (Å²) in [6.07, 6.45) is 43.6. The van der Waals surface area contributed by atoms with Crippen LogP contribution in [0.3, 0.4) is 0 Å². The number of hydrogen-bond acceptors (Lipinski definition) is 2. The summed E-state index contributed by atoms with van der Waals surface area (Å²) in [6.45, 7) is 0. The van der Waals surface area contributed by atoms with Crippen LogP contribution in [-0.2, 0) is 0 Å². The van der Waals surface area contributed by atoms with Crippen molar-refractivity contribution in [3.8, 4) is 0 Å². The fourth-order valence-electron chi connectivity index (χ4n) is 15.5. The van der Waals surface area contributed by atoms with Gasteiger partial charge in [0.05, 0.1) is 0 Å². The summed E-state index contributed by atoms with van der Waals surface area (Å²) in [5, 5.41) is 0. The molecular weight excluding hydrogens is 532 g/mol. The van der Waals surface area contributed by atoms with Gasteiger partial charge < -0.3 is 0 Å². The highest BCUT2D eigenvalue weighted by Gasteiger charge is 2.64. The van der Waals surface area contributed by atoms with Crippen molar-refractivity contribution in [2.24, 2.45) is 47.3 Å². The zero-order chi connectivity index (χ0) is 29.0. The molecule has 0 aromatic carbocycles. The molecule has 9 fully saturated rings. The average molecular weight is 603 g/mol. The lowest BCUT2D eigenvalue weighted by molar-refractivity contribution is 0.0139. The van der Waals surface area contributed by atoms with Crippen molar-refractivity contribution in [3.63, 3.8) is 0 Å². The molecule has 9 unspecified atom stereocenters. The Balaban J connectivity index is 0.990. The molecule has 248 valence electrons. The van der Waals surface area contributed by atoms with Gasteiger partial charge in [-0.3, -0.25) is 9.80 Å². The Bertz CT molecular complexity index is 935. The summed E-state index contributed by atoms with van der Waals surface area (Å²) in [7, 11) is 0. The maximum atomic E-state index is 3.38. The fraction of sp³-hybridized carbons (Fsp3) is 1.00. The zero-order valence-electron chi connectivity index (χ0n) is 28.8. The standard InChI is InChI=1S/C42H70N2/c1-4-12-29(13-5-1)31-20-23-34(24-21-31)44-37-19-11-10-18-35(37)41-39(44)26-27-40-42(41)36-28-32(30-14-6-2-7-15-30)22-25-38(36)43(40)33-16-8-3-9-17-33/h29-42H,1-28H2. The second-order valence-electron chi connectivity index (χ2n) is 18.7. The van der Waals surface area contributed by atoms with Crippen LogP contribution in [0.15, 0.2) is 0 Å². The van der Waals surface area contributed by atoms with Crippen LogP contribution in [0.2, 0.25) is 0 Å². The van der Waals surface area contributed by atoms with Crippen LogP contribution in [0.5, 0.6) is 0 Å². The van der Waals surface area contributed by atoms with E-state index in [1.165, 1.54) is 64.2 Å². The summed E-state index contributed by atoms with van der Waals surface area (Å²) in [4.78, 5) is 6.74. The number of rotatable bonds is 4. The van der Waals surface area contributed by atoms with E-state index in [1.807, 2.05) is 0 Å². The van der Waals surface area contributed by atoms with Gasteiger partial charge in [-0.05, 0) is 131 Å². The van der Waals surface area contributed by atoms with Crippen LogP contribution < -0.4 is 0 Å². The molecule has 7 aliphatic carbocycles. The van der Waals surface area contributed by atoms with Crippen LogP contribution in [0.25, 0.3) is 0 Å². The Labute approximate surface area is 272 Å². The average Bonchev–Trinajstić information content (AvgIpc) is 3.62. The van der Waals surface area contributed by atoms with Gasteiger partial charge in [-0.2, -0.15) is 0 Å². The Morgan fingerprint density at radius 1 is 0.273 bits per heavy atom. The summed E-state index contributed by atoms with van der Waals surface area (Å²) in [6, 6.07) is 5.75. The Kier molecular flexibility index (Phi) is 8.93. The minimum absolute atomic E-state index is 0.944. The minimum atomic E-state index is 0.944. The normalized spacial score (nSPS) is 48.4. The first-order valence-corrected chi connectivity index (χ1v) is 21.4. The van der Waals surface area contributed by atoms with Gasteiger partial charge in [0.2, 0.25) is 0 Å². The molecule has 44 heavy (non-hydrogen) atoms. The van der Waals surface area contributed by atoms with Crippen molar-refractivity contribution in [2.75, 3.05) is 0 Å². The van der Waals surface area contributed by atoms with Gasteiger partial charge >= 0.3 is 0 Å². The van der Waals surface area contributed by atoms with E-state index in [0.29, 0.717) is 0 Å². The molecule has 2 heteroatoms. The third-order valence-electron chi connectivity index (χ3n) is 17.1. The van der Waals surface area contributed by atoms with Crippen molar-refractivity contribution in [1.29, 1.82) is 0 Å². The van der Waals surface area contributed by atoms with Crippen LogP contribution in [0.4, 0.5) is 0 Å². The quantitative estimate of drug-likeness (QED) is 0.316. The molecule has 0 spiro atoms. The molecular formula is C42H70N2. The van der Waals surface area contributed by atoms with Gasteiger partial charge in [-0.25, -0.2) is 0 Å². The van der Waals surface area contributed by atoms with E-state index in [0.717, 1.165) is 83.6 Å². The second-order valence-corrected chi connectivity index (χ2v) is 18.7. The van der Waals surface area contributed by atoms with Crippen LogP contribution in [-0.4, -0.2) is 46.1 Å². The molecule has 2 aliphatic heterocycles. The molecule has 0 amide bonds. The molecule has 0 radical (unpaired) electrons. The van der Waals surface area contributed by atoms with Gasteiger partial charge in [-0.1, -0.05) is 96.3 Å². The lowest BCUT2D eigenvalue weighted by Gasteiger charge is -2.48. The third-order valence-corrected chi connectivity index (χ3v) is 17.1.